The van der Waals surface area contributed by atoms with Gasteiger partial charge in [0.1, 0.15) is 10.8 Å². The molecule has 3 rings (SSSR count). The minimum absolute atomic E-state index is 0.0347. The molecule has 1 N–H and O–H groups in total. The van der Waals surface area contributed by atoms with E-state index in [0.717, 1.165) is 32.5 Å². The molecule has 0 unspecified atom stereocenters. The third-order valence-corrected chi connectivity index (χ3v) is 4.57. The zero-order chi connectivity index (χ0) is 16.9. The van der Waals surface area contributed by atoms with Gasteiger partial charge in [-0.05, 0) is 31.2 Å². The SMILES string of the molecule is CCOc1ccc(-c2nc(-c3ccccc3)sc2CC(=O)O)cc1. The van der Waals surface area contributed by atoms with Crippen LogP contribution in [-0.4, -0.2) is 22.7 Å². The average Bonchev–Trinajstić information content (AvgIpc) is 3.00. The first-order chi connectivity index (χ1) is 11.7. The van der Waals surface area contributed by atoms with Crippen LogP contribution in [0.1, 0.15) is 11.8 Å². The van der Waals surface area contributed by atoms with Gasteiger partial charge in [-0.1, -0.05) is 30.3 Å². The zero-order valence-corrected chi connectivity index (χ0v) is 14.0. The first kappa shape index (κ1) is 16.2. The van der Waals surface area contributed by atoms with E-state index in [9.17, 15) is 9.90 Å². The number of hydrogen-bond acceptors (Lipinski definition) is 4. The smallest absolute Gasteiger partial charge is 0.308 e. The molecule has 4 nitrogen and oxygen atoms in total. The molecule has 0 saturated carbocycles. The molecule has 2 aromatic carbocycles. The van der Waals surface area contributed by atoms with Gasteiger partial charge in [0.25, 0.3) is 0 Å². The number of hydrogen-bond donors (Lipinski definition) is 1. The molecule has 5 heteroatoms. The van der Waals surface area contributed by atoms with Crippen LogP contribution >= 0.6 is 11.3 Å². The summed E-state index contributed by atoms with van der Waals surface area (Å²) in [5, 5.41) is 10.0. The maximum atomic E-state index is 11.2. The van der Waals surface area contributed by atoms with Crippen molar-refractivity contribution in [1.82, 2.24) is 4.98 Å². The van der Waals surface area contributed by atoms with Gasteiger partial charge in [0.05, 0.1) is 18.7 Å². The number of aromatic nitrogens is 1. The highest BCUT2D eigenvalue weighted by atomic mass is 32.1. The summed E-state index contributed by atoms with van der Waals surface area (Å²) in [6.07, 6.45) is -0.0347. The number of nitrogens with zero attached hydrogens (tertiary/aromatic N) is 1. The molecule has 0 aliphatic carbocycles. The van der Waals surface area contributed by atoms with E-state index in [-0.39, 0.29) is 6.42 Å². The van der Waals surface area contributed by atoms with Gasteiger partial charge in [-0.25, -0.2) is 4.98 Å². The van der Waals surface area contributed by atoms with Gasteiger partial charge in [-0.3, -0.25) is 4.79 Å². The fourth-order valence-corrected chi connectivity index (χ4v) is 3.49. The predicted octanol–water partition coefficient (Wildman–Crippen LogP) is 4.50. The highest BCUT2D eigenvalue weighted by Crippen LogP contribution is 2.34. The third kappa shape index (κ3) is 3.63. The topological polar surface area (TPSA) is 59.4 Å². The molecule has 0 aliphatic heterocycles. The van der Waals surface area contributed by atoms with Gasteiger partial charge in [0.2, 0.25) is 0 Å². The predicted molar refractivity (Wildman–Crippen MR) is 95.5 cm³/mol. The Bertz CT molecular complexity index is 826. The molecule has 0 saturated heterocycles. The van der Waals surface area contributed by atoms with Gasteiger partial charge in [0, 0.05) is 16.0 Å². The number of benzene rings is 2. The molecule has 1 heterocycles. The summed E-state index contributed by atoms with van der Waals surface area (Å²) in [5.74, 6) is -0.0648. The van der Waals surface area contributed by atoms with E-state index in [4.69, 9.17) is 9.72 Å². The van der Waals surface area contributed by atoms with Crippen molar-refractivity contribution in [1.29, 1.82) is 0 Å². The highest BCUT2D eigenvalue weighted by Gasteiger charge is 2.16. The maximum Gasteiger partial charge on any atom is 0.308 e. The summed E-state index contributed by atoms with van der Waals surface area (Å²) in [6, 6.07) is 17.4. The summed E-state index contributed by atoms with van der Waals surface area (Å²) in [5.41, 5.74) is 2.61. The van der Waals surface area contributed by atoms with E-state index in [1.54, 1.807) is 0 Å². The molecular weight excluding hydrogens is 322 g/mol. The molecule has 122 valence electrons. The van der Waals surface area contributed by atoms with Crippen molar-refractivity contribution < 1.29 is 14.6 Å². The molecule has 0 radical (unpaired) electrons. The number of ether oxygens (including phenoxy) is 1. The Balaban J connectivity index is 2.01. The fraction of sp³-hybridized carbons (Fsp3) is 0.158. The second-order valence-corrected chi connectivity index (χ2v) is 6.27. The molecule has 0 bridgehead atoms. The molecule has 0 aliphatic rings. The number of thiazole rings is 1. The Morgan fingerprint density at radius 1 is 1.08 bits per heavy atom. The highest BCUT2D eigenvalue weighted by molar-refractivity contribution is 7.15. The summed E-state index contributed by atoms with van der Waals surface area (Å²) in [7, 11) is 0. The van der Waals surface area contributed by atoms with Crippen LogP contribution in [-0.2, 0) is 11.2 Å². The summed E-state index contributed by atoms with van der Waals surface area (Å²) < 4.78 is 5.45. The van der Waals surface area contributed by atoms with Crippen molar-refractivity contribution >= 4 is 17.3 Å². The van der Waals surface area contributed by atoms with Crippen LogP contribution < -0.4 is 4.74 Å². The number of carboxylic acid groups (broad SMARTS) is 1. The number of carboxylic acids is 1. The van der Waals surface area contributed by atoms with Crippen LogP contribution in [0.3, 0.4) is 0 Å². The van der Waals surface area contributed by atoms with E-state index in [1.165, 1.54) is 11.3 Å². The Labute approximate surface area is 144 Å². The summed E-state index contributed by atoms with van der Waals surface area (Å²) in [6.45, 7) is 2.55. The van der Waals surface area contributed by atoms with Gasteiger partial charge in [-0.2, -0.15) is 0 Å². The lowest BCUT2D eigenvalue weighted by atomic mass is 10.1. The first-order valence-corrected chi connectivity index (χ1v) is 8.49. The molecule has 0 fully saturated rings. The lowest BCUT2D eigenvalue weighted by Crippen LogP contribution is -1.99. The van der Waals surface area contributed by atoms with Crippen LogP contribution in [0.25, 0.3) is 21.8 Å². The minimum Gasteiger partial charge on any atom is -0.494 e. The Kier molecular flexibility index (Phi) is 4.91. The Hall–Kier alpha value is -2.66. The Morgan fingerprint density at radius 3 is 2.42 bits per heavy atom. The second kappa shape index (κ2) is 7.27. The molecule has 0 atom stereocenters. The monoisotopic (exact) mass is 339 g/mol. The number of carbonyl (C=O) groups is 1. The van der Waals surface area contributed by atoms with Crippen LogP contribution in [0.2, 0.25) is 0 Å². The van der Waals surface area contributed by atoms with Crippen molar-refractivity contribution in [2.45, 2.75) is 13.3 Å². The normalized spacial score (nSPS) is 10.5. The van der Waals surface area contributed by atoms with Crippen LogP contribution in [0.4, 0.5) is 0 Å². The van der Waals surface area contributed by atoms with E-state index in [2.05, 4.69) is 0 Å². The Morgan fingerprint density at radius 2 is 1.79 bits per heavy atom. The van der Waals surface area contributed by atoms with E-state index < -0.39 is 5.97 Å². The number of rotatable bonds is 6. The van der Waals surface area contributed by atoms with Gasteiger partial charge < -0.3 is 9.84 Å². The van der Waals surface area contributed by atoms with E-state index in [1.807, 2.05) is 61.5 Å². The second-order valence-electron chi connectivity index (χ2n) is 5.18. The van der Waals surface area contributed by atoms with Crippen molar-refractivity contribution in [3.05, 3.63) is 59.5 Å². The van der Waals surface area contributed by atoms with E-state index >= 15 is 0 Å². The van der Waals surface area contributed by atoms with Crippen LogP contribution in [0.15, 0.2) is 54.6 Å². The number of aliphatic carboxylic acids is 1. The molecule has 3 aromatic rings. The standard InChI is InChI=1S/C19H17NO3S/c1-2-23-15-10-8-13(9-11-15)18-16(12-17(21)22)24-19(20-18)14-6-4-3-5-7-14/h3-11H,2,12H2,1H3,(H,21,22). The summed E-state index contributed by atoms with van der Waals surface area (Å²) >= 11 is 1.43. The zero-order valence-electron chi connectivity index (χ0n) is 13.2. The van der Waals surface area contributed by atoms with Gasteiger partial charge >= 0.3 is 5.97 Å². The minimum atomic E-state index is -0.856. The molecule has 24 heavy (non-hydrogen) atoms. The largest absolute Gasteiger partial charge is 0.494 e. The first-order valence-electron chi connectivity index (χ1n) is 7.67. The van der Waals surface area contributed by atoms with Gasteiger partial charge in [0.15, 0.2) is 0 Å². The molecule has 0 spiro atoms. The molecule has 0 amide bonds. The van der Waals surface area contributed by atoms with Gasteiger partial charge in [-0.15, -0.1) is 11.3 Å². The fourth-order valence-electron chi connectivity index (χ4n) is 2.41. The van der Waals surface area contributed by atoms with Crippen molar-refractivity contribution in [2.24, 2.45) is 0 Å². The van der Waals surface area contributed by atoms with Crippen molar-refractivity contribution in [2.75, 3.05) is 6.61 Å². The third-order valence-electron chi connectivity index (χ3n) is 3.47. The molecule has 1 aromatic heterocycles. The summed E-state index contributed by atoms with van der Waals surface area (Å²) in [4.78, 5) is 16.6. The quantitative estimate of drug-likeness (QED) is 0.718. The van der Waals surface area contributed by atoms with Crippen LogP contribution in [0, 0.1) is 0 Å². The van der Waals surface area contributed by atoms with Crippen molar-refractivity contribution in [3.63, 3.8) is 0 Å². The van der Waals surface area contributed by atoms with Crippen LogP contribution in [0.5, 0.6) is 5.75 Å². The lowest BCUT2D eigenvalue weighted by Gasteiger charge is -2.04. The van der Waals surface area contributed by atoms with E-state index in [0.29, 0.717) is 6.61 Å². The lowest BCUT2D eigenvalue weighted by molar-refractivity contribution is -0.136. The van der Waals surface area contributed by atoms with Crippen molar-refractivity contribution in [3.8, 4) is 27.6 Å². The average molecular weight is 339 g/mol. The molecular formula is C19H17NO3S. The maximum absolute atomic E-state index is 11.2.